The third-order valence-corrected chi connectivity index (χ3v) is 4.64. The van der Waals surface area contributed by atoms with Gasteiger partial charge in [-0.3, -0.25) is 0 Å². The molecule has 2 rings (SSSR count). The molecule has 0 aromatic carbocycles. The molecule has 0 unspecified atom stereocenters. The Hall–Kier alpha value is -0.0800. The minimum Gasteiger partial charge on any atom is -0.316 e. The smallest absolute Gasteiger partial charge is 0.00952 e. The van der Waals surface area contributed by atoms with Crippen molar-refractivity contribution in [2.75, 3.05) is 26.2 Å². The molecule has 0 aromatic rings. The maximum absolute atomic E-state index is 3.53. The van der Waals surface area contributed by atoms with Crippen molar-refractivity contribution in [3.8, 4) is 0 Å². The summed E-state index contributed by atoms with van der Waals surface area (Å²) in [4.78, 5) is 2.76. The summed E-state index contributed by atoms with van der Waals surface area (Å²) in [6, 6.07) is 0.895. The molecule has 2 atom stereocenters. The van der Waals surface area contributed by atoms with Crippen LogP contribution < -0.4 is 5.32 Å². The van der Waals surface area contributed by atoms with Gasteiger partial charge in [0.25, 0.3) is 0 Å². The molecular weight excluding hydrogens is 196 g/mol. The van der Waals surface area contributed by atoms with Gasteiger partial charge < -0.3 is 10.2 Å². The minimum absolute atomic E-state index is 0.873. The second-order valence-electron chi connectivity index (χ2n) is 5.78. The Kier molecular flexibility index (Phi) is 4.66. The van der Waals surface area contributed by atoms with Crippen LogP contribution in [-0.2, 0) is 0 Å². The van der Waals surface area contributed by atoms with E-state index in [9.17, 15) is 0 Å². The van der Waals surface area contributed by atoms with Crippen LogP contribution in [0.2, 0.25) is 0 Å². The number of rotatable bonds is 4. The minimum atomic E-state index is 0.873. The van der Waals surface area contributed by atoms with Gasteiger partial charge in [-0.25, -0.2) is 0 Å². The summed E-state index contributed by atoms with van der Waals surface area (Å²) in [7, 11) is 0. The molecule has 94 valence electrons. The van der Waals surface area contributed by atoms with Crippen molar-refractivity contribution >= 4 is 0 Å². The van der Waals surface area contributed by atoms with E-state index in [1.165, 1.54) is 58.3 Å². The van der Waals surface area contributed by atoms with Crippen LogP contribution in [-0.4, -0.2) is 37.1 Å². The van der Waals surface area contributed by atoms with Crippen molar-refractivity contribution in [2.24, 2.45) is 11.8 Å². The van der Waals surface area contributed by atoms with Crippen LogP contribution in [0, 0.1) is 11.8 Å². The maximum atomic E-state index is 3.53. The van der Waals surface area contributed by atoms with Gasteiger partial charge in [0, 0.05) is 12.6 Å². The molecule has 0 aromatic heterocycles. The van der Waals surface area contributed by atoms with Gasteiger partial charge in [-0.1, -0.05) is 33.1 Å². The predicted molar refractivity (Wildman–Crippen MR) is 69.6 cm³/mol. The van der Waals surface area contributed by atoms with Gasteiger partial charge in [-0.2, -0.15) is 0 Å². The van der Waals surface area contributed by atoms with Crippen molar-refractivity contribution < 1.29 is 0 Å². The largest absolute Gasteiger partial charge is 0.316 e. The van der Waals surface area contributed by atoms with E-state index in [0.29, 0.717) is 0 Å². The molecule has 16 heavy (non-hydrogen) atoms. The summed E-state index contributed by atoms with van der Waals surface area (Å²) in [6.07, 6.45) is 7.28. The molecular formula is C14H28N2. The summed E-state index contributed by atoms with van der Waals surface area (Å²) in [5.74, 6) is 1.76. The van der Waals surface area contributed by atoms with E-state index >= 15 is 0 Å². The van der Waals surface area contributed by atoms with Crippen molar-refractivity contribution in [3.63, 3.8) is 0 Å². The number of hydrogen-bond donors (Lipinski definition) is 1. The van der Waals surface area contributed by atoms with E-state index in [-0.39, 0.29) is 0 Å². The summed E-state index contributed by atoms with van der Waals surface area (Å²) in [5.41, 5.74) is 0. The van der Waals surface area contributed by atoms with Crippen molar-refractivity contribution in [3.05, 3.63) is 0 Å². The number of nitrogens with one attached hydrogen (secondary N) is 1. The van der Waals surface area contributed by atoms with Crippen LogP contribution >= 0.6 is 0 Å². The van der Waals surface area contributed by atoms with Gasteiger partial charge in [0.15, 0.2) is 0 Å². The van der Waals surface area contributed by atoms with Gasteiger partial charge >= 0.3 is 0 Å². The van der Waals surface area contributed by atoms with Crippen molar-refractivity contribution in [2.45, 2.75) is 52.0 Å². The quantitative estimate of drug-likeness (QED) is 0.789. The maximum Gasteiger partial charge on any atom is 0.00952 e. The first-order valence-electron chi connectivity index (χ1n) is 7.26. The molecule has 1 N–H and O–H groups in total. The van der Waals surface area contributed by atoms with Gasteiger partial charge in [-0.15, -0.1) is 0 Å². The Labute approximate surface area is 101 Å². The van der Waals surface area contributed by atoms with E-state index in [2.05, 4.69) is 24.1 Å². The highest BCUT2D eigenvalue weighted by atomic mass is 15.2. The van der Waals surface area contributed by atoms with Crippen molar-refractivity contribution in [1.82, 2.24) is 10.2 Å². The van der Waals surface area contributed by atoms with Crippen LogP contribution in [0.15, 0.2) is 0 Å². The lowest BCUT2D eigenvalue weighted by Crippen LogP contribution is -2.41. The molecule has 1 aliphatic carbocycles. The number of hydrogen-bond acceptors (Lipinski definition) is 2. The fraction of sp³-hybridized carbons (Fsp3) is 1.00. The Bertz CT molecular complexity index is 199. The topological polar surface area (TPSA) is 15.3 Å². The van der Waals surface area contributed by atoms with Gasteiger partial charge in [0.05, 0.1) is 0 Å². The molecule has 2 heteroatoms. The Morgan fingerprint density at radius 1 is 1.12 bits per heavy atom. The SMILES string of the molecule is CCN(C[C@@H]1CNC[C@H]1C)C1CCCCC1. The fourth-order valence-electron chi connectivity index (χ4n) is 3.39. The highest BCUT2D eigenvalue weighted by Crippen LogP contribution is 2.25. The average Bonchev–Trinajstić information content (AvgIpc) is 2.73. The van der Waals surface area contributed by atoms with Gasteiger partial charge in [-0.05, 0) is 44.3 Å². The Morgan fingerprint density at radius 3 is 2.44 bits per heavy atom. The van der Waals surface area contributed by atoms with E-state index in [1.807, 2.05) is 0 Å². The zero-order valence-corrected chi connectivity index (χ0v) is 11.0. The fourth-order valence-corrected chi connectivity index (χ4v) is 3.39. The zero-order chi connectivity index (χ0) is 11.4. The average molecular weight is 224 g/mol. The van der Waals surface area contributed by atoms with Gasteiger partial charge in [0.2, 0.25) is 0 Å². The van der Waals surface area contributed by atoms with Crippen LogP contribution in [0.25, 0.3) is 0 Å². The first-order valence-corrected chi connectivity index (χ1v) is 7.26. The molecule has 0 radical (unpaired) electrons. The lowest BCUT2D eigenvalue weighted by atomic mass is 9.91. The summed E-state index contributed by atoms with van der Waals surface area (Å²) in [6.45, 7) is 9.78. The lowest BCUT2D eigenvalue weighted by Gasteiger charge is -2.35. The van der Waals surface area contributed by atoms with E-state index in [4.69, 9.17) is 0 Å². The summed E-state index contributed by atoms with van der Waals surface area (Å²) >= 11 is 0. The van der Waals surface area contributed by atoms with Crippen LogP contribution in [0.4, 0.5) is 0 Å². The highest BCUT2D eigenvalue weighted by Gasteiger charge is 2.28. The highest BCUT2D eigenvalue weighted by molar-refractivity contribution is 4.83. The first kappa shape index (κ1) is 12.4. The first-order chi connectivity index (χ1) is 7.81. The second-order valence-corrected chi connectivity index (χ2v) is 5.78. The Morgan fingerprint density at radius 2 is 1.88 bits per heavy atom. The number of nitrogens with zero attached hydrogens (tertiary/aromatic N) is 1. The molecule has 2 aliphatic rings. The molecule has 0 bridgehead atoms. The van der Waals surface area contributed by atoms with E-state index < -0.39 is 0 Å². The lowest BCUT2D eigenvalue weighted by molar-refractivity contribution is 0.134. The van der Waals surface area contributed by atoms with Crippen LogP contribution in [0.5, 0.6) is 0 Å². The van der Waals surface area contributed by atoms with Gasteiger partial charge in [0.1, 0.15) is 0 Å². The van der Waals surface area contributed by atoms with E-state index in [0.717, 1.165) is 17.9 Å². The second kappa shape index (κ2) is 6.02. The standard InChI is InChI=1S/C14H28N2/c1-3-16(14-7-5-4-6-8-14)11-13-10-15-9-12(13)2/h12-15H,3-11H2,1-2H3/t12-,13+/m1/s1. The van der Waals surface area contributed by atoms with E-state index in [1.54, 1.807) is 0 Å². The normalized spacial score (nSPS) is 32.4. The molecule has 1 saturated carbocycles. The molecule has 2 fully saturated rings. The third-order valence-electron chi connectivity index (χ3n) is 4.64. The Balaban J connectivity index is 1.83. The zero-order valence-electron chi connectivity index (χ0n) is 11.0. The predicted octanol–water partition coefficient (Wildman–Crippen LogP) is 2.50. The molecule has 0 amide bonds. The van der Waals surface area contributed by atoms with Crippen molar-refractivity contribution in [1.29, 1.82) is 0 Å². The van der Waals surface area contributed by atoms with Crippen LogP contribution in [0.1, 0.15) is 46.0 Å². The molecule has 1 heterocycles. The summed E-state index contributed by atoms with van der Waals surface area (Å²) in [5, 5.41) is 3.53. The monoisotopic (exact) mass is 224 g/mol. The van der Waals surface area contributed by atoms with Crippen LogP contribution in [0.3, 0.4) is 0 Å². The summed E-state index contributed by atoms with van der Waals surface area (Å²) < 4.78 is 0. The third kappa shape index (κ3) is 2.98. The molecule has 1 aliphatic heterocycles. The molecule has 2 nitrogen and oxygen atoms in total. The molecule has 1 saturated heterocycles. The molecule has 0 spiro atoms.